The van der Waals surface area contributed by atoms with Gasteiger partial charge in [0.2, 0.25) is 5.91 Å². The number of esters is 1. The summed E-state index contributed by atoms with van der Waals surface area (Å²) in [6, 6.07) is 8.66. The Morgan fingerprint density at radius 1 is 1.26 bits per heavy atom. The second kappa shape index (κ2) is 7.53. The number of rotatable bonds is 6. The van der Waals surface area contributed by atoms with E-state index < -0.39 is 12.0 Å². The quantitative estimate of drug-likeness (QED) is 0.582. The predicted octanol–water partition coefficient (Wildman–Crippen LogP) is 1.92. The summed E-state index contributed by atoms with van der Waals surface area (Å²) in [5, 5.41) is 1.05. The van der Waals surface area contributed by atoms with Gasteiger partial charge in [0.1, 0.15) is 6.61 Å². The summed E-state index contributed by atoms with van der Waals surface area (Å²) >= 11 is 0. The maximum absolute atomic E-state index is 11.6. The van der Waals surface area contributed by atoms with Crippen LogP contribution < -0.4 is 0 Å². The van der Waals surface area contributed by atoms with Crippen molar-refractivity contribution in [1.82, 2.24) is 5.06 Å². The van der Waals surface area contributed by atoms with Gasteiger partial charge in [0.15, 0.2) is 6.04 Å². The van der Waals surface area contributed by atoms with Crippen molar-refractivity contribution >= 4 is 11.9 Å². The topological polar surface area (TPSA) is 55.8 Å². The molecule has 0 aromatic heterocycles. The lowest BCUT2D eigenvalue weighted by Crippen LogP contribution is -2.42. The third-order valence-corrected chi connectivity index (χ3v) is 2.50. The van der Waals surface area contributed by atoms with Gasteiger partial charge in [0, 0.05) is 6.92 Å². The van der Waals surface area contributed by atoms with Crippen molar-refractivity contribution < 1.29 is 19.2 Å². The zero-order valence-corrected chi connectivity index (χ0v) is 11.5. The summed E-state index contributed by atoms with van der Waals surface area (Å²) in [6.07, 6.45) is 0. The van der Waals surface area contributed by atoms with Crippen LogP contribution in [-0.2, 0) is 25.8 Å². The van der Waals surface area contributed by atoms with E-state index in [-0.39, 0.29) is 19.1 Å². The molecule has 0 heterocycles. The number of ether oxygens (including phenoxy) is 1. The van der Waals surface area contributed by atoms with Gasteiger partial charge >= 0.3 is 5.97 Å². The summed E-state index contributed by atoms with van der Waals surface area (Å²) in [5.74, 6) is -0.817. The van der Waals surface area contributed by atoms with Crippen molar-refractivity contribution in [2.24, 2.45) is 0 Å². The number of amides is 1. The van der Waals surface area contributed by atoms with Crippen molar-refractivity contribution in [2.45, 2.75) is 33.4 Å². The molecule has 1 rings (SSSR count). The van der Waals surface area contributed by atoms with Gasteiger partial charge in [0.25, 0.3) is 0 Å². The first-order valence-corrected chi connectivity index (χ1v) is 6.19. The van der Waals surface area contributed by atoms with Crippen LogP contribution in [-0.4, -0.2) is 29.6 Å². The maximum atomic E-state index is 11.6. The largest absolute Gasteiger partial charge is 0.464 e. The zero-order chi connectivity index (χ0) is 14.3. The Morgan fingerprint density at radius 2 is 1.89 bits per heavy atom. The van der Waals surface area contributed by atoms with Crippen molar-refractivity contribution in [3.8, 4) is 0 Å². The molecule has 5 heteroatoms. The number of hydrogen-bond donors (Lipinski definition) is 0. The molecular weight excluding hydrogens is 246 g/mol. The molecule has 1 aromatic rings. The highest BCUT2D eigenvalue weighted by atomic mass is 16.7. The van der Waals surface area contributed by atoms with E-state index in [1.54, 1.807) is 13.8 Å². The molecule has 0 spiro atoms. The molecule has 1 atom stereocenters. The van der Waals surface area contributed by atoms with Gasteiger partial charge in [-0.1, -0.05) is 30.3 Å². The lowest BCUT2D eigenvalue weighted by molar-refractivity contribution is -0.209. The van der Waals surface area contributed by atoms with Gasteiger partial charge in [-0.15, -0.1) is 0 Å². The summed E-state index contributed by atoms with van der Waals surface area (Å²) in [5.41, 5.74) is 0.921. The van der Waals surface area contributed by atoms with Crippen LogP contribution in [0.5, 0.6) is 0 Å². The molecule has 1 aromatic carbocycles. The van der Waals surface area contributed by atoms with Crippen LogP contribution in [0.3, 0.4) is 0 Å². The van der Waals surface area contributed by atoms with E-state index in [1.165, 1.54) is 6.92 Å². The van der Waals surface area contributed by atoms with Gasteiger partial charge in [-0.2, -0.15) is 0 Å². The Kier molecular flexibility index (Phi) is 6.02. The first-order chi connectivity index (χ1) is 9.06. The van der Waals surface area contributed by atoms with E-state index in [4.69, 9.17) is 9.57 Å². The van der Waals surface area contributed by atoms with Gasteiger partial charge in [-0.05, 0) is 19.4 Å². The Morgan fingerprint density at radius 3 is 2.42 bits per heavy atom. The average Bonchev–Trinajstić information content (AvgIpc) is 2.39. The highest BCUT2D eigenvalue weighted by Crippen LogP contribution is 2.08. The van der Waals surface area contributed by atoms with Crippen LogP contribution >= 0.6 is 0 Å². The van der Waals surface area contributed by atoms with E-state index in [0.717, 1.165) is 10.6 Å². The molecule has 0 aliphatic carbocycles. The number of carbonyl (C=O) groups excluding carboxylic acids is 2. The van der Waals surface area contributed by atoms with E-state index in [1.807, 2.05) is 30.3 Å². The fraction of sp³-hybridized carbons (Fsp3) is 0.429. The summed E-state index contributed by atoms with van der Waals surface area (Å²) in [4.78, 5) is 28.5. The second-order valence-corrected chi connectivity index (χ2v) is 4.03. The molecule has 1 amide bonds. The zero-order valence-electron chi connectivity index (χ0n) is 11.5. The fourth-order valence-electron chi connectivity index (χ4n) is 1.55. The average molecular weight is 265 g/mol. The molecule has 0 bridgehead atoms. The summed E-state index contributed by atoms with van der Waals surface area (Å²) < 4.78 is 4.87. The highest BCUT2D eigenvalue weighted by Gasteiger charge is 2.25. The molecule has 0 N–H and O–H groups in total. The number of hydroxylamine groups is 2. The predicted molar refractivity (Wildman–Crippen MR) is 69.8 cm³/mol. The van der Waals surface area contributed by atoms with Crippen LogP contribution in [0.15, 0.2) is 30.3 Å². The van der Waals surface area contributed by atoms with Crippen molar-refractivity contribution in [2.75, 3.05) is 6.61 Å². The normalized spacial score (nSPS) is 11.7. The minimum Gasteiger partial charge on any atom is -0.464 e. The summed E-state index contributed by atoms with van der Waals surface area (Å²) in [7, 11) is 0. The highest BCUT2D eigenvalue weighted by molar-refractivity contribution is 5.82. The third-order valence-electron chi connectivity index (χ3n) is 2.50. The molecule has 0 saturated heterocycles. The summed E-state index contributed by atoms with van der Waals surface area (Å²) in [6.45, 7) is 5.14. The van der Waals surface area contributed by atoms with Gasteiger partial charge in [0.05, 0.1) is 6.61 Å². The van der Waals surface area contributed by atoms with Crippen molar-refractivity contribution in [3.05, 3.63) is 35.9 Å². The Bertz CT molecular complexity index is 419. The number of hydrogen-bond acceptors (Lipinski definition) is 4. The first-order valence-electron chi connectivity index (χ1n) is 6.19. The molecular formula is C14H19NO4. The minimum atomic E-state index is -0.763. The standard InChI is InChI=1S/C14H19NO4/c1-4-18-14(17)11(2)15(12(3)16)19-10-13-8-6-5-7-9-13/h5-9,11H,4,10H2,1-3H3. The van der Waals surface area contributed by atoms with Crippen LogP contribution in [0.1, 0.15) is 26.3 Å². The molecule has 1 unspecified atom stereocenters. The van der Waals surface area contributed by atoms with Crippen LogP contribution in [0.25, 0.3) is 0 Å². The Hall–Kier alpha value is -1.88. The molecule has 0 fully saturated rings. The minimum absolute atomic E-state index is 0.226. The van der Waals surface area contributed by atoms with E-state index in [2.05, 4.69) is 0 Å². The Balaban J connectivity index is 2.63. The molecule has 0 aliphatic heterocycles. The van der Waals surface area contributed by atoms with Crippen LogP contribution in [0.2, 0.25) is 0 Å². The number of benzene rings is 1. The maximum Gasteiger partial charge on any atom is 0.331 e. The molecule has 0 saturated carbocycles. The van der Waals surface area contributed by atoms with Gasteiger partial charge < -0.3 is 4.74 Å². The molecule has 0 radical (unpaired) electrons. The fourth-order valence-corrected chi connectivity index (χ4v) is 1.55. The SMILES string of the molecule is CCOC(=O)C(C)N(OCc1ccccc1)C(C)=O. The lowest BCUT2D eigenvalue weighted by atomic mass is 10.2. The second-order valence-electron chi connectivity index (χ2n) is 4.03. The molecule has 5 nitrogen and oxygen atoms in total. The van der Waals surface area contributed by atoms with Gasteiger partial charge in [-0.3, -0.25) is 9.63 Å². The molecule has 0 aliphatic rings. The molecule has 104 valence electrons. The van der Waals surface area contributed by atoms with Crippen LogP contribution in [0, 0.1) is 0 Å². The van der Waals surface area contributed by atoms with E-state index in [0.29, 0.717) is 0 Å². The van der Waals surface area contributed by atoms with E-state index in [9.17, 15) is 9.59 Å². The smallest absolute Gasteiger partial charge is 0.331 e. The van der Waals surface area contributed by atoms with Gasteiger partial charge in [-0.25, -0.2) is 9.86 Å². The third kappa shape index (κ3) is 4.71. The molecule has 19 heavy (non-hydrogen) atoms. The monoisotopic (exact) mass is 265 g/mol. The van der Waals surface area contributed by atoms with Crippen molar-refractivity contribution in [3.63, 3.8) is 0 Å². The number of carbonyl (C=O) groups is 2. The number of nitrogens with zero attached hydrogens (tertiary/aromatic N) is 1. The van der Waals surface area contributed by atoms with Crippen LogP contribution in [0.4, 0.5) is 0 Å². The lowest BCUT2D eigenvalue weighted by Gasteiger charge is -2.25. The van der Waals surface area contributed by atoms with Crippen molar-refractivity contribution in [1.29, 1.82) is 0 Å². The Labute approximate surface area is 113 Å². The van der Waals surface area contributed by atoms with E-state index >= 15 is 0 Å². The first kappa shape index (κ1) is 15.2.